The number of ether oxygens (including phenoxy) is 1. The second kappa shape index (κ2) is 7.24. The van der Waals surface area contributed by atoms with Gasteiger partial charge >= 0.3 is 0 Å². The van der Waals surface area contributed by atoms with Crippen LogP contribution >= 0.6 is 0 Å². The molecule has 0 radical (unpaired) electrons. The largest absolute Gasteiger partial charge is 0.497 e. The van der Waals surface area contributed by atoms with E-state index in [1.54, 1.807) is 31.4 Å². The van der Waals surface area contributed by atoms with Gasteiger partial charge in [0.05, 0.1) is 12.0 Å². The summed E-state index contributed by atoms with van der Waals surface area (Å²) in [6.07, 6.45) is 3.80. The third-order valence-corrected chi connectivity index (χ3v) is 5.45. The van der Waals surface area contributed by atoms with Crippen LogP contribution in [0.15, 0.2) is 29.2 Å². The predicted molar refractivity (Wildman–Crippen MR) is 83.0 cm³/mol. The highest BCUT2D eigenvalue weighted by molar-refractivity contribution is 7.89. The molecule has 1 fully saturated rings. The van der Waals surface area contributed by atoms with Gasteiger partial charge in [0.15, 0.2) is 0 Å². The first-order valence-electron chi connectivity index (χ1n) is 7.45. The van der Waals surface area contributed by atoms with Gasteiger partial charge in [0.1, 0.15) is 5.75 Å². The fourth-order valence-corrected chi connectivity index (χ4v) is 4.05. The maximum absolute atomic E-state index is 12.3. The molecule has 0 atom stereocenters. The summed E-state index contributed by atoms with van der Waals surface area (Å²) in [4.78, 5) is 0.289. The Balaban J connectivity index is 1.95. The molecular weight excluding hydrogens is 288 g/mol. The molecule has 0 aromatic heterocycles. The molecule has 118 valence electrons. The molecule has 21 heavy (non-hydrogen) atoms. The normalized spacial score (nSPS) is 23.0. The van der Waals surface area contributed by atoms with Gasteiger partial charge in [0.2, 0.25) is 10.0 Å². The number of hydrogen-bond acceptors (Lipinski definition) is 4. The van der Waals surface area contributed by atoms with E-state index in [1.165, 1.54) is 0 Å². The molecule has 2 N–H and O–H groups in total. The van der Waals surface area contributed by atoms with Gasteiger partial charge in [-0.25, -0.2) is 13.1 Å². The van der Waals surface area contributed by atoms with E-state index in [4.69, 9.17) is 4.74 Å². The van der Waals surface area contributed by atoms with Crippen molar-refractivity contribution in [1.82, 2.24) is 10.0 Å². The molecule has 1 aromatic rings. The Morgan fingerprint density at radius 2 is 1.67 bits per heavy atom. The Hall–Kier alpha value is -1.11. The number of methoxy groups -OCH3 is 1. The van der Waals surface area contributed by atoms with Gasteiger partial charge in [-0.3, -0.25) is 0 Å². The first kappa shape index (κ1) is 16.3. The van der Waals surface area contributed by atoms with E-state index in [1.807, 2.05) is 0 Å². The van der Waals surface area contributed by atoms with Gasteiger partial charge in [-0.05, 0) is 56.5 Å². The van der Waals surface area contributed by atoms with Crippen LogP contribution in [-0.2, 0) is 10.0 Å². The molecule has 0 unspecified atom stereocenters. The van der Waals surface area contributed by atoms with Crippen molar-refractivity contribution in [3.63, 3.8) is 0 Å². The summed E-state index contributed by atoms with van der Waals surface area (Å²) in [5, 5.41) is 3.42. The lowest BCUT2D eigenvalue weighted by Gasteiger charge is -2.29. The van der Waals surface area contributed by atoms with E-state index in [9.17, 15) is 8.42 Å². The maximum Gasteiger partial charge on any atom is 0.240 e. The fourth-order valence-electron chi connectivity index (χ4n) is 2.75. The average molecular weight is 312 g/mol. The van der Waals surface area contributed by atoms with Gasteiger partial charge < -0.3 is 10.1 Å². The zero-order valence-electron chi connectivity index (χ0n) is 12.6. The molecule has 1 aromatic carbocycles. The molecule has 0 saturated heterocycles. The topological polar surface area (TPSA) is 67.4 Å². The summed E-state index contributed by atoms with van der Waals surface area (Å²) in [6.45, 7) is 3.06. The monoisotopic (exact) mass is 312 g/mol. The summed E-state index contributed by atoms with van der Waals surface area (Å²) >= 11 is 0. The van der Waals surface area contributed by atoms with E-state index in [0.717, 1.165) is 32.2 Å². The quantitative estimate of drug-likeness (QED) is 0.842. The average Bonchev–Trinajstić information content (AvgIpc) is 2.49. The third kappa shape index (κ3) is 4.43. The summed E-state index contributed by atoms with van der Waals surface area (Å²) in [7, 11) is -1.88. The first-order valence-corrected chi connectivity index (χ1v) is 8.93. The molecule has 0 heterocycles. The summed E-state index contributed by atoms with van der Waals surface area (Å²) in [6, 6.07) is 7.04. The van der Waals surface area contributed by atoms with Crippen LogP contribution in [0.5, 0.6) is 5.75 Å². The Morgan fingerprint density at radius 1 is 1.10 bits per heavy atom. The van der Waals surface area contributed by atoms with Crippen molar-refractivity contribution in [3.05, 3.63) is 24.3 Å². The fraction of sp³-hybridized carbons (Fsp3) is 0.600. The zero-order valence-corrected chi connectivity index (χ0v) is 13.4. The Morgan fingerprint density at radius 3 is 2.19 bits per heavy atom. The van der Waals surface area contributed by atoms with Crippen LogP contribution in [0.25, 0.3) is 0 Å². The van der Waals surface area contributed by atoms with E-state index in [2.05, 4.69) is 17.0 Å². The van der Waals surface area contributed by atoms with Crippen LogP contribution in [0.2, 0.25) is 0 Å². The van der Waals surface area contributed by atoms with E-state index < -0.39 is 10.0 Å². The number of rotatable bonds is 6. The van der Waals surface area contributed by atoms with Gasteiger partial charge in [-0.15, -0.1) is 0 Å². The molecule has 0 aliphatic heterocycles. The number of sulfonamides is 1. The van der Waals surface area contributed by atoms with E-state index >= 15 is 0 Å². The first-order chi connectivity index (χ1) is 10.0. The molecule has 1 saturated carbocycles. The lowest BCUT2D eigenvalue weighted by Crippen LogP contribution is -2.42. The number of benzene rings is 1. The van der Waals surface area contributed by atoms with Crippen molar-refractivity contribution in [1.29, 1.82) is 0 Å². The van der Waals surface area contributed by atoms with Crippen LogP contribution < -0.4 is 14.8 Å². The summed E-state index contributed by atoms with van der Waals surface area (Å²) in [5.41, 5.74) is 0. The molecule has 0 bridgehead atoms. The lowest BCUT2D eigenvalue weighted by molar-refractivity contribution is 0.333. The second-order valence-corrected chi connectivity index (χ2v) is 7.12. The zero-order chi connectivity index (χ0) is 15.3. The van der Waals surface area contributed by atoms with Gasteiger partial charge in [-0.2, -0.15) is 0 Å². The predicted octanol–water partition coefficient (Wildman–Crippen LogP) is 1.89. The third-order valence-electron chi connectivity index (χ3n) is 3.91. The van der Waals surface area contributed by atoms with Gasteiger partial charge in [-0.1, -0.05) is 6.92 Å². The molecule has 1 aliphatic carbocycles. The molecule has 0 amide bonds. The smallest absolute Gasteiger partial charge is 0.240 e. The standard InChI is InChI=1S/C15H24N2O3S/c1-3-16-12-4-6-13(7-5-12)17-21(18,19)15-10-8-14(20-2)9-11-15/h8-13,16-17H,3-7H2,1-2H3. The van der Waals surface area contributed by atoms with Crippen LogP contribution in [0.3, 0.4) is 0 Å². The van der Waals surface area contributed by atoms with Crippen molar-refractivity contribution in [3.8, 4) is 5.75 Å². The maximum atomic E-state index is 12.3. The van der Waals surface area contributed by atoms with Crippen molar-refractivity contribution in [2.24, 2.45) is 0 Å². The lowest BCUT2D eigenvalue weighted by atomic mass is 9.92. The number of nitrogens with one attached hydrogen (secondary N) is 2. The Bertz CT molecular complexity index is 535. The minimum atomic E-state index is -3.44. The minimum absolute atomic E-state index is 0.0343. The molecule has 6 heteroatoms. The molecular formula is C15H24N2O3S. The molecule has 1 aliphatic rings. The van der Waals surface area contributed by atoms with Gasteiger partial charge in [0.25, 0.3) is 0 Å². The Labute approximate surface area is 127 Å². The van der Waals surface area contributed by atoms with Crippen molar-refractivity contribution >= 4 is 10.0 Å². The van der Waals surface area contributed by atoms with Crippen LogP contribution in [0, 0.1) is 0 Å². The van der Waals surface area contributed by atoms with Crippen LogP contribution in [0.4, 0.5) is 0 Å². The second-order valence-electron chi connectivity index (χ2n) is 5.40. The van der Waals surface area contributed by atoms with Crippen molar-refractivity contribution in [2.75, 3.05) is 13.7 Å². The molecule has 0 spiro atoms. The Kier molecular flexibility index (Phi) is 5.61. The van der Waals surface area contributed by atoms with Gasteiger partial charge in [0, 0.05) is 12.1 Å². The minimum Gasteiger partial charge on any atom is -0.497 e. The number of hydrogen-bond donors (Lipinski definition) is 2. The molecule has 5 nitrogen and oxygen atoms in total. The highest BCUT2D eigenvalue weighted by Crippen LogP contribution is 2.21. The molecule has 2 rings (SSSR count). The van der Waals surface area contributed by atoms with Crippen molar-refractivity contribution in [2.45, 2.75) is 49.6 Å². The highest BCUT2D eigenvalue weighted by Gasteiger charge is 2.25. The van der Waals surface area contributed by atoms with E-state index in [-0.39, 0.29) is 10.9 Å². The van der Waals surface area contributed by atoms with Crippen molar-refractivity contribution < 1.29 is 13.2 Å². The summed E-state index contributed by atoms with van der Waals surface area (Å²) in [5.74, 6) is 0.653. The van der Waals surface area contributed by atoms with E-state index in [0.29, 0.717) is 11.8 Å². The summed E-state index contributed by atoms with van der Waals surface area (Å²) < 4.78 is 32.5. The van der Waals surface area contributed by atoms with Crippen LogP contribution in [0.1, 0.15) is 32.6 Å². The van der Waals surface area contributed by atoms with Crippen LogP contribution in [-0.4, -0.2) is 34.2 Å². The SMILES string of the molecule is CCNC1CCC(NS(=O)(=O)c2ccc(OC)cc2)CC1. The highest BCUT2D eigenvalue weighted by atomic mass is 32.2.